The summed E-state index contributed by atoms with van der Waals surface area (Å²) in [5, 5.41) is 15.6. The molecule has 1 heterocycles. The van der Waals surface area contributed by atoms with Gasteiger partial charge in [0.15, 0.2) is 5.75 Å². The Labute approximate surface area is 115 Å². The number of aliphatic hydroxyl groups is 1. The van der Waals surface area contributed by atoms with Crippen molar-refractivity contribution in [3.63, 3.8) is 0 Å². The van der Waals surface area contributed by atoms with Crippen LogP contribution in [0.5, 0.6) is 5.75 Å². The van der Waals surface area contributed by atoms with E-state index in [9.17, 15) is 5.11 Å². The Morgan fingerprint density at radius 2 is 2.16 bits per heavy atom. The molecule has 0 aromatic carbocycles. The molecule has 0 bridgehead atoms. The van der Waals surface area contributed by atoms with Crippen molar-refractivity contribution in [1.29, 1.82) is 0 Å². The van der Waals surface area contributed by atoms with E-state index in [1.165, 1.54) is 6.42 Å². The van der Waals surface area contributed by atoms with E-state index in [1.54, 1.807) is 18.0 Å². The predicted octanol–water partition coefficient (Wildman–Crippen LogP) is 2.71. The third-order valence-corrected chi connectivity index (χ3v) is 4.58. The number of hydrogen-bond acceptors (Lipinski definition) is 3. The van der Waals surface area contributed by atoms with Crippen molar-refractivity contribution in [2.24, 2.45) is 24.8 Å². The van der Waals surface area contributed by atoms with Gasteiger partial charge in [-0.3, -0.25) is 4.68 Å². The molecule has 1 fully saturated rings. The SMILES string of the molecule is COc1cnn(C)c1C1(O)CC(C)CCC1C(C)C. The molecule has 3 atom stereocenters. The Hall–Kier alpha value is -1.03. The van der Waals surface area contributed by atoms with Crippen LogP contribution in [0.2, 0.25) is 0 Å². The maximum Gasteiger partial charge on any atom is 0.162 e. The molecule has 2 rings (SSSR count). The molecule has 0 radical (unpaired) electrons. The molecule has 4 heteroatoms. The van der Waals surface area contributed by atoms with Crippen LogP contribution >= 0.6 is 0 Å². The molecule has 1 aromatic rings. The highest BCUT2D eigenvalue weighted by Crippen LogP contribution is 2.49. The van der Waals surface area contributed by atoms with Gasteiger partial charge in [0.05, 0.1) is 13.3 Å². The van der Waals surface area contributed by atoms with Gasteiger partial charge in [-0.05, 0) is 30.6 Å². The summed E-state index contributed by atoms with van der Waals surface area (Å²) in [5.74, 6) is 1.93. The van der Waals surface area contributed by atoms with Crippen molar-refractivity contribution in [2.45, 2.75) is 45.6 Å². The zero-order valence-corrected chi connectivity index (χ0v) is 12.7. The van der Waals surface area contributed by atoms with Crippen LogP contribution in [-0.2, 0) is 12.6 Å². The molecule has 108 valence electrons. The lowest BCUT2D eigenvalue weighted by atomic mass is 9.65. The smallest absolute Gasteiger partial charge is 0.162 e. The number of aryl methyl sites for hydroxylation is 1. The Kier molecular flexibility index (Phi) is 3.90. The molecule has 19 heavy (non-hydrogen) atoms. The van der Waals surface area contributed by atoms with Crippen LogP contribution in [-0.4, -0.2) is 22.0 Å². The third kappa shape index (κ3) is 2.38. The van der Waals surface area contributed by atoms with Gasteiger partial charge < -0.3 is 9.84 Å². The largest absolute Gasteiger partial charge is 0.493 e. The number of aromatic nitrogens is 2. The van der Waals surface area contributed by atoms with Gasteiger partial charge in [-0.1, -0.05) is 27.2 Å². The van der Waals surface area contributed by atoms with Crippen LogP contribution in [0.15, 0.2) is 6.20 Å². The topological polar surface area (TPSA) is 47.3 Å². The summed E-state index contributed by atoms with van der Waals surface area (Å²) in [6.45, 7) is 6.59. The summed E-state index contributed by atoms with van der Waals surface area (Å²) in [5.41, 5.74) is 0.00264. The lowest BCUT2D eigenvalue weighted by Crippen LogP contribution is -2.44. The predicted molar refractivity (Wildman–Crippen MR) is 75.0 cm³/mol. The number of methoxy groups -OCH3 is 1. The van der Waals surface area contributed by atoms with E-state index >= 15 is 0 Å². The Bertz CT molecular complexity index is 441. The van der Waals surface area contributed by atoms with E-state index in [2.05, 4.69) is 25.9 Å². The molecule has 1 aliphatic carbocycles. The zero-order chi connectivity index (χ0) is 14.2. The number of hydrogen-bond donors (Lipinski definition) is 1. The van der Waals surface area contributed by atoms with Crippen LogP contribution in [0, 0.1) is 17.8 Å². The van der Waals surface area contributed by atoms with Gasteiger partial charge in [-0.2, -0.15) is 5.10 Å². The molecule has 4 nitrogen and oxygen atoms in total. The fourth-order valence-corrected chi connectivity index (χ4v) is 3.70. The summed E-state index contributed by atoms with van der Waals surface area (Å²) < 4.78 is 7.17. The molecule has 3 unspecified atom stereocenters. The van der Waals surface area contributed by atoms with Crippen LogP contribution in [0.4, 0.5) is 0 Å². The number of rotatable bonds is 3. The second-order valence-electron chi connectivity index (χ2n) is 6.35. The van der Waals surface area contributed by atoms with Crippen molar-refractivity contribution >= 4 is 0 Å². The Morgan fingerprint density at radius 3 is 2.74 bits per heavy atom. The average Bonchev–Trinajstić information content (AvgIpc) is 2.70. The van der Waals surface area contributed by atoms with Crippen molar-refractivity contribution in [3.8, 4) is 5.75 Å². The summed E-state index contributed by atoms with van der Waals surface area (Å²) in [4.78, 5) is 0. The first-order chi connectivity index (χ1) is 8.90. The standard InChI is InChI=1S/C15H26N2O2/c1-10(2)12-7-6-11(3)8-15(12,18)14-13(19-5)9-16-17(14)4/h9-12,18H,6-8H2,1-5H3. The van der Waals surface area contributed by atoms with Crippen LogP contribution < -0.4 is 4.74 Å². The lowest BCUT2D eigenvalue weighted by Gasteiger charge is -2.44. The van der Waals surface area contributed by atoms with Gasteiger partial charge in [0.1, 0.15) is 11.3 Å². The summed E-state index contributed by atoms with van der Waals surface area (Å²) in [6, 6.07) is 0. The van der Waals surface area contributed by atoms with Gasteiger partial charge >= 0.3 is 0 Å². The van der Waals surface area contributed by atoms with Crippen LogP contribution in [0.25, 0.3) is 0 Å². The second kappa shape index (κ2) is 5.16. The maximum absolute atomic E-state index is 11.4. The highest BCUT2D eigenvalue weighted by Gasteiger charge is 2.47. The molecule has 1 aromatic heterocycles. The Morgan fingerprint density at radius 1 is 1.47 bits per heavy atom. The monoisotopic (exact) mass is 266 g/mol. The zero-order valence-electron chi connectivity index (χ0n) is 12.7. The molecule has 0 saturated heterocycles. The van der Waals surface area contributed by atoms with Crippen LogP contribution in [0.3, 0.4) is 0 Å². The van der Waals surface area contributed by atoms with E-state index < -0.39 is 5.60 Å². The minimum atomic E-state index is -0.831. The average molecular weight is 266 g/mol. The normalized spacial score (nSPS) is 31.7. The van der Waals surface area contributed by atoms with Gasteiger partial charge in [-0.25, -0.2) is 0 Å². The quantitative estimate of drug-likeness (QED) is 0.915. The summed E-state index contributed by atoms with van der Waals surface area (Å²) in [6.07, 6.45) is 4.73. The molecule has 0 aliphatic heterocycles. The van der Waals surface area contributed by atoms with Gasteiger partial charge in [-0.15, -0.1) is 0 Å². The Balaban J connectivity index is 2.49. The number of ether oxygens (including phenoxy) is 1. The van der Waals surface area contributed by atoms with Crippen molar-refractivity contribution in [2.75, 3.05) is 7.11 Å². The molecule has 0 spiro atoms. The van der Waals surface area contributed by atoms with Gasteiger partial charge in [0, 0.05) is 7.05 Å². The molecule has 1 N–H and O–H groups in total. The van der Waals surface area contributed by atoms with E-state index in [4.69, 9.17) is 4.74 Å². The van der Waals surface area contributed by atoms with Gasteiger partial charge in [0.25, 0.3) is 0 Å². The first kappa shape index (κ1) is 14.4. The molecule has 1 saturated carbocycles. The highest BCUT2D eigenvalue weighted by atomic mass is 16.5. The van der Waals surface area contributed by atoms with Crippen molar-refractivity contribution < 1.29 is 9.84 Å². The maximum atomic E-state index is 11.4. The van der Waals surface area contributed by atoms with E-state index in [0.717, 1.165) is 18.5 Å². The van der Waals surface area contributed by atoms with E-state index in [-0.39, 0.29) is 5.92 Å². The van der Waals surface area contributed by atoms with E-state index in [0.29, 0.717) is 17.6 Å². The van der Waals surface area contributed by atoms with Gasteiger partial charge in [0.2, 0.25) is 0 Å². The summed E-state index contributed by atoms with van der Waals surface area (Å²) >= 11 is 0. The molecule has 0 amide bonds. The number of nitrogens with zero attached hydrogens (tertiary/aromatic N) is 2. The molecular formula is C15H26N2O2. The first-order valence-electron chi connectivity index (χ1n) is 7.19. The highest BCUT2D eigenvalue weighted by molar-refractivity contribution is 5.32. The minimum absolute atomic E-state index is 0.257. The van der Waals surface area contributed by atoms with Crippen molar-refractivity contribution in [3.05, 3.63) is 11.9 Å². The first-order valence-corrected chi connectivity index (χ1v) is 7.19. The lowest BCUT2D eigenvalue weighted by molar-refractivity contribution is -0.0932. The fourth-order valence-electron chi connectivity index (χ4n) is 3.70. The van der Waals surface area contributed by atoms with E-state index in [1.807, 2.05) is 7.05 Å². The van der Waals surface area contributed by atoms with Crippen molar-refractivity contribution in [1.82, 2.24) is 9.78 Å². The summed E-state index contributed by atoms with van der Waals surface area (Å²) in [7, 11) is 3.52. The second-order valence-corrected chi connectivity index (χ2v) is 6.35. The van der Waals surface area contributed by atoms with Crippen LogP contribution in [0.1, 0.15) is 45.7 Å². The third-order valence-electron chi connectivity index (χ3n) is 4.58. The minimum Gasteiger partial charge on any atom is -0.493 e. The molecule has 1 aliphatic rings. The fraction of sp³-hybridized carbons (Fsp3) is 0.800. The molecular weight excluding hydrogens is 240 g/mol.